The number of ether oxygens (including phenoxy) is 1. The van der Waals surface area contributed by atoms with E-state index in [0.717, 1.165) is 21.9 Å². The lowest BCUT2D eigenvalue weighted by atomic mass is 10.1. The zero-order chi connectivity index (χ0) is 28.4. The van der Waals surface area contributed by atoms with Gasteiger partial charge in [0.25, 0.3) is 10.0 Å². The number of aryl methyl sites for hydroxylation is 1. The van der Waals surface area contributed by atoms with Crippen molar-refractivity contribution in [3.63, 3.8) is 0 Å². The first-order chi connectivity index (χ1) is 18.7. The molecule has 0 radical (unpaired) electrons. The Bertz CT molecular complexity index is 1340. The number of amides is 2. The standard InChI is InChI=1S/C30H37N3O5S/c1-5-20-31-30(35)24(4)32(21-25-18-16-23(3)17-19-25)29(34)22-33(27-14-10-11-15-28(27)38-6-2)39(36,37)26-12-8-7-9-13-26/h7-19,24H,5-6,20-22H2,1-4H3,(H,31,35)/t24-/m1/s1. The van der Waals surface area contributed by atoms with Gasteiger partial charge in [0.1, 0.15) is 18.3 Å². The van der Waals surface area contributed by atoms with Crippen LogP contribution in [0.5, 0.6) is 5.75 Å². The monoisotopic (exact) mass is 551 g/mol. The molecule has 9 heteroatoms. The number of benzene rings is 3. The van der Waals surface area contributed by atoms with Crippen LogP contribution >= 0.6 is 0 Å². The van der Waals surface area contributed by atoms with Crippen molar-refractivity contribution < 1.29 is 22.7 Å². The van der Waals surface area contributed by atoms with Crippen LogP contribution in [-0.2, 0) is 26.2 Å². The molecule has 1 N–H and O–H groups in total. The number of rotatable bonds is 13. The van der Waals surface area contributed by atoms with Crippen molar-refractivity contribution >= 4 is 27.5 Å². The lowest BCUT2D eigenvalue weighted by molar-refractivity contribution is -0.139. The fourth-order valence-corrected chi connectivity index (χ4v) is 5.49. The highest BCUT2D eigenvalue weighted by atomic mass is 32.2. The zero-order valence-corrected chi connectivity index (χ0v) is 23.8. The van der Waals surface area contributed by atoms with Gasteiger partial charge in [0, 0.05) is 13.1 Å². The minimum Gasteiger partial charge on any atom is -0.492 e. The van der Waals surface area contributed by atoms with Crippen molar-refractivity contribution in [1.82, 2.24) is 10.2 Å². The molecule has 8 nitrogen and oxygen atoms in total. The van der Waals surface area contributed by atoms with Gasteiger partial charge in [-0.1, -0.05) is 67.1 Å². The Morgan fingerprint density at radius 2 is 1.56 bits per heavy atom. The van der Waals surface area contributed by atoms with Crippen molar-refractivity contribution in [1.29, 1.82) is 0 Å². The average molecular weight is 552 g/mol. The summed E-state index contributed by atoms with van der Waals surface area (Å²) in [5.74, 6) is -0.476. The van der Waals surface area contributed by atoms with E-state index in [0.29, 0.717) is 18.9 Å². The quantitative estimate of drug-likeness (QED) is 0.337. The molecule has 0 spiro atoms. The average Bonchev–Trinajstić information content (AvgIpc) is 2.94. The smallest absolute Gasteiger partial charge is 0.264 e. The van der Waals surface area contributed by atoms with Crippen molar-refractivity contribution in [3.8, 4) is 5.75 Å². The fourth-order valence-electron chi connectivity index (χ4n) is 4.04. The highest BCUT2D eigenvalue weighted by Crippen LogP contribution is 2.32. The molecular formula is C30H37N3O5S. The molecule has 3 aromatic rings. The predicted molar refractivity (Wildman–Crippen MR) is 153 cm³/mol. The minimum atomic E-state index is -4.16. The lowest BCUT2D eigenvalue weighted by Gasteiger charge is -2.32. The second kappa shape index (κ2) is 13.8. The molecule has 0 saturated carbocycles. The predicted octanol–water partition coefficient (Wildman–Crippen LogP) is 4.53. The van der Waals surface area contributed by atoms with E-state index in [9.17, 15) is 18.0 Å². The highest BCUT2D eigenvalue weighted by Gasteiger charge is 2.33. The summed E-state index contributed by atoms with van der Waals surface area (Å²) in [6, 6.07) is 21.5. The van der Waals surface area contributed by atoms with Crippen LogP contribution in [0.2, 0.25) is 0 Å². The second-order valence-corrected chi connectivity index (χ2v) is 11.1. The van der Waals surface area contributed by atoms with Gasteiger partial charge in [-0.05, 0) is 57.0 Å². The van der Waals surface area contributed by atoms with E-state index in [4.69, 9.17) is 4.74 Å². The Kier molecular flexibility index (Phi) is 10.5. The highest BCUT2D eigenvalue weighted by molar-refractivity contribution is 7.92. The van der Waals surface area contributed by atoms with E-state index in [1.54, 1.807) is 56.3 Å². The maximum Gasteiger partial charge on any atom is 0.264 e. The number of hydrogen-bond donors (Lipinski definition) is 1. The summed E-state index contributed by atoms with van der Waals surface area (Å²) in [6.45, 7) is 7.80. The van der Waals surface area contributed by atoms with Gasteiger partial charge in [-0.3, -0.25) is 13.9 Å². The SMILES string of the molecule is CCCNC(=O)[C@@H](C)N(Cc1ccc(C)cc1)C(=O)CN(c1ccccc1OCC)S(=O)(=O)c1ccccc1. The molecule has 0 aromatic heterocycles. The third kappa shape index (κ3) is 7.60. The van der Waals surface area contributed by atoms with Crippen LogP contribution in [0.25, 0.3) is 0 Å². The Hall–Kier alpha value is -3.85. The van der Waals surface area contributed by atoms with Crippen molar-refractivity contribution in [2.75, 3.05) is 24.0 Å². The molecule has 0 fully saturated rings. The number of hydrogen-bond acceptors (Lipinski definition) is 5. The molecule has 0 aliphatic heterocycles. The maximum absolute atomic E-state index is 14.0. The normalized spacial score (nSPS) is 11.9. The van der Waals surface area contributed by atoms with Gasteiger partial charge in [-0.2, -0.15) is 0 Å². The first-order valence-corrected chi connectivity index (χ1v) is 14.5. The van der Waals surface area contributed by atoms with Gasteiger partial charge in [0.05, 0.1) is 17.2 Å². The minimum absolute atomic E-state index is 0.0444. The molecule has 0 aliphatic rings. The largest absolute Gasteiger partial charge is 0.492 e. The molecule has 208 valence electrons. The van der Waals surface area contributed by atoms with E-state index in [2.05, 4.69) is 5.32 Å². The second-order valence-electron chi connectivity index (χ2n) is 9.20. The molecule has 0 bridgehead atoms. The van der Waals surface area contributed by atoms with Gasteiger partial charge < -0.3 is 15.0 Å². The summed E-state index contributed by atoms with van der Waals surface area (Å²) >= 11 is 0. The molecule has 0 saturated heterocycles. The van der Waals surface area contributed by atoms with E-state index in [1.165, 1.54) is 17.0 Å². The summed E-state index contributed by atoms with van der Waals surface area (Å²) in [6.07, 6.45) is 0.752. The van der Waals surface area contributed by atoms with E-state index >= 15 is 0 Å². The number of para-hydroxylation sites is 2. The molecule has 2 amide bonds. The molecule has 39 heavy (non-hydrogen) atoms. The van der Waals surface area contributed by atoms with Crippen molar-refractivity contribution in [2.24, 2.45) is 0 Å². The van der Waals surface area contributed by atoms with Gasteiger partial charge in [-0.25, -0.2) is 8.42 Å². The van der Waals surface area contributed by atoms with Gasteiger partial charge in [0.2, 0.25) is 11.8 Å². The van der Waals surface area contributed by atoms with Crippen LogP contribution in [0.15, 0.2) is 83.8 Å². The molecule has 0 unspecified atom stereocenters. The van der Waals surface area contributed by atoms with Crippen LogP contribution in [0.1, 0.15) is 38.3 Å². The topological polar surface area (TPSA) is 96.0 Å². The summed E-state index contributed by atoms with van der Waals surface area (Å²) in [5, 5.41) is 2.84. The first-order valence-electron chi connectivity index (χ1n) is 13.1. The Morgan fingerprint density at radius 3 is 2.21 bits per heavy atom. The van der Waals surface area contributed by atoms with Crippen LogP contribution in [-0.4, -0.2) is 50.9 Å². The molecule has 0 aliphatic carbocycles. The van der Waals surface area contributed by atoms with E-state index < -0.39 is 28.5 Å². The molecule has 1 atom stereocenters. The Balaban J connectivity index is 2.05. The summed E-state index contributed by atoms with van der Waals surface area (Å²) in [7, 11) is -4.16. The summed E-state index contributed by atoms with van der Waals surface area (Å²) in [4.78, 5) is 28.4. The van der Waals surface area contributed by atoms with Crippen LogP contribution in [0.4, 0.5) is 5.69 Å². The number of anilines is 1. The fraction of sp³-hybridized carbons (Fsp3) is 0.333. The third-order valence-corrected chi connectivity index (χ3v) is 8.01. The molecule has 0 heterocycles. The van der Waals surface area contributed by atoms with E-state index in [-0.39, 0.29) is 23.0 Å². The summed E-state index contributed by atoms with van der Waals surface area (Å²) < 4.78 is 34.6. The van der Waals surface area contributed by atoms with Crippen LogP contribution in [0, 0.1) is 6.92 Å². The Morgan fingerprint density at radius 1 is 0.923 bits per heavy atom. The van der Waals surface area contributed by atoms with Crippen molar-refractivity contribution in [3.05, 3.63) is 90.0 Å². The lowest BCUT2D eigenvalue weighted by Crippen LogP contribution is -2.51. The van der Waals surface area contributed by atoms with Gasteiger partial charge in [0.15, 0.2) is 0 Å². The summed E-state index contributed by atoms with van der Waals surface area (Å²) in [5.41, 5.74) is 2.14. The van der Waals surface area contributed by atoms with E-state index in [1.807, 2.05) is 38.1 Å². The number of carbonyl (C=O) groups excluding carboxylic acids is 2. The van der Waals surface area contributed by atoms with Crippen LogP contribution < -0.4 is 14.4 Å². The Labute approximate surface area is 231 Å². The third-order valence-electron chi connectivity index (χ3n) is 6.23. The first kappa shape index (κ1) is 29.7. The molecule has 3 rings (SSSR count). The van der Waals surface area contributed by atoms with Crippen molar-refractivity contribution in [2.45, 2.75) is 51.6 Å². The maximum atomic E-state index is 14.0. The number of nitrogens with one attached hydrogen (secondary N) is 1. The van der Waals surface area contributed by atoms with Gasteiger partial charge >= 0.3 is 0 Å². The number of nitrogens with zero attached hydrogens (tertiary/aromatic N) is 2. The number of sulfonamides is 1. The van der Waals surface area contributed by atoms with Gasteiger partial charge in [-0.15, -0.1) is 0 Å². The molecular weight excluding hydrogens is 514 g/mol. The molecule has 3 aromatic carbocycles. The van der Waals surface area contributed by atoms with Crippen LogP contribution in [0.3, 0.4) is 0 Å². The number of carbonyl (C=O) groups is 2. The zero-order valence-electron chi connectivity index (χ0n) is 23.0.